The highest BCUT2D eigenvalue weighted by Crippen LogP contribution is 2.44. The number of amides is 1. The van der Waals surface area contributed by atoms with E-state index < -0.39 is 23.5 Å². The zero-order valence-corrected chi connectivity index (χ0v) is 22.9. The highest BCUT2D eigenvalue weighted by Gasteiger charge is 2.52. The fourth-order valence-corrected chi connectivity index (χ4v) is 5.98. The van der Waals surface area contributed by atoms with Gasteiger partial charge in [-0.25, -0.2) is 4.98 Å². The molecule has 0 spiro atoms. The molecule has 0 aliphatic carbocycles. The summed E-state index contributed by atoms with van der Waals surface area (Å²) < 4.78 is 6.10. The number of hydrogen-bond acceptors (Lipinski definition) is 7. The van der Waals surface area contributed by atoms with Crippen molar-refractivity contribution in [3.8, 4) is 0 Å². The number of rotatable bonds is 2. The van der Waals surface area contributed by atoms with Gasteiger partial charge in [0, 0.05) is 23.4 Å². The van der Waals surface area contributed by atoms with Crippen molar-refractivity contribution in [3.05, 3.63) is 21.7 Å². The van der Waals surface area contributed by atoms with E-state index in [1.54, 1.807) is 32.1 Å². The van der Waals surface area contributed by atoms with Gasteiger partial charge in [0.2, 0.25) is 5.91 Å². The number of epoxide rings is 1. The van der Waals surface area contributed by atoms with Crippen LogP contribution in [0, 0.1) is 24.2 Å². The molecule has 3 N–H and O–H groups in total. The number of carbonyl (C=O) groups is 2. The molecular weight excluding hydrogens is 464 g/mol. The minimum Gasteiger partial charge on any atom is -0.392 e. The second-order valence-corrected chi connectivity index (χ2v) is 12.7. The molecule has 2 fully saturated rings. The van der Waals surface area contributed by atoms with Crippen molar-refractivity contribution in [1.82, 2.24) is 10.3 Å². The van der Waals surface area contributed by atoms with Gasteiger partial charge < -0.3 is 20.3 Å². The number of nitrogens with one attached hydrogen (secondary N) is 1. The Morgan fingerprint density at radius 1 is 1.26 bits per heavy atom. The zero-order chi connectivity index (χ0) is 26.1. The third-order valence-corrected chi connectivity index (χ3v) is 8.93. The Balaban J connectivity index is 1.85. The lowest BCUT2D eigenvalue weighted by atomic mass is 9.72. The third kappa shape index (κ3) is 6.59. The average molecular weight is 507 g/mol. The first-order valence-corrected chi connectivity index (χ1v) is 13.5. The van der Waals surface area contributed by atoms with Crippen LogP contribution in [0.3, 0.4) is 0 Å². The Hall–Kier alpha value is -1.61. The van der Waals surface area contributed by atoms with Crippen molar-refractivity contribution in [1.29, 1.82) is 0 Å². The van der Waals surface area contributed by atoms with E-state index in [4.69, 9.17) is 4.74 Å². The van der Waals surface area contributed by atoms with Gasteiger partial charge in [0.1, 0.15) is 5.78 Å². The van der Waals surface area contributed by atoms with Crippen LogP contribution in [0.25, 0.3) is 6.08 Å². The number of aliphatic hydroxyl groups excluding tert-OH is 2. The van der Waals surface area contributed by atoms with E-state index in [0.717, 1.165) is 34.7 Å². The molecule has 0 saturated carbocycles. The SMILES string of the molecule is C/C(=C\c1cnc(C)s1)[C@@H]1C[C@@H]2O[C@]2(C)CCC[C@H](C)[C@H](O)[C@@H](C)C(=O)C(C)(C)[C@@H](O)CC(=O)N1. The Bertz CT molecular complexity index is 957. The van der Waals surface area contributed by atoms with Gasteiger partial charge in [-0.1, -0.05) is 34.1 Å². The molecule has 7 nitrogen and oxygen atoms in total. The first-order chi connectivity index (χ1) is 16.2. The van der Waals surface area contributed by atoms with Crippen molar-refractivity contribution in [2.45, 2.75) is 111 Å². The second kappa shape index (κ2) is 10.8. The monoisotopic (exact) mass is 506 g/mol. The van der Waals surface area contributed by atoms with Crippen LogP contribution < -0.4 is 5.32 Å². The molecule has 0 unspecified atom stereocenters. The van der Waals surface area contributed by atoms with Crippen LogP contribution in [-0.4, -0.2) is 56.8 Å². The molecule has 3 rings (SSSR count). The smallest absolute Gasteiger partial charge is 0.223 e. The highest BCUT2D eigenvalue weighted by molar-refractivity contribution is 7.12. The van der Waals surface area contributed by atoms with E-state index in [2.05, 4.69) is 17.2 Å². The molecule has 196 valence electrons. The van der Waals surface area contributed by atoms with Crippen LogP contribution >= 0.6 is 11.3 Å². The third-order valence-electron chi connectivity index (χ3n) is 8.07. The first kappa shape index (κ1) is 28.0. The predicted molar refractivity (Wildman–Crippen MR) is 138 cm³/mol. The molecule has 1 aromatic rings. The van der Waals surface area contributed by atoms with E-state index >= 15 is 0 Å². The fourth-order valence-electron chi connectivity index (χ4n) is 5.18. The van der Waals surface area contributed by atoms with Gasteiger partial charge in [-0.15, -0.1) is 11.3 Å². The number of nitrogens with zero attached hydrogens (tertiary/aromatic N) is 1. The number of fused-ring (bicyclic) bond motifs is 1. The summed E-state index contributed by atoms with van der Waals surface area (Å²) in [5, 5.41) is 25.8. The number of thiazole rings is 1. The predicted octanol–water partition coefficient (Wildman–Crippen LogP) is 4.05. The van der Waals surface area contributed by atoms with Crippen LogP contribution in [0.2, 0.25) is 0 Å². The maximum atomic E-state index is 13.2. The molecule has 0 bridgehead atoms. The van der Waals surface area contributed by atoms with Gasteiger partial charge in [-0.3, -0.25) is 9.59 Å². The molecule has 7 atom stereocenters. The van der Waals surface area contributed by atoms with Crippen molar-refractivity contribution >= 4 is 29.1 Å². The quantitative estimate of drug-likeness (QED) is 0.522. The van der Waals surface area contributed by atoms with Crippen LogP contribution in [-0.2, 0) is 14.3 Å². The van der Waals surface area contributed by atoms with Crippen LogP contribution in [0.4, 0.5) is 0 Å². The molecular formula is C27H42N2O5S. The highest BCUT2D eigenvalue weighted by atomic mass is 32.1. The van der Waals surface area contributed by atoms with Gasteiger partial charge in [-0.2, -0.15) is 0 Å². The Kier molecular flexibility index (Phi) is 8.62. The molecule has 35 heavy (non-hydrogen) atoms. The first-order valence-electron chi connectivity index (χ1n) is 12.7. The molecule has 0 radical (unpaired) electrons. The summed E-state index contributed by atoms with van der Waals surface area (Å²) in [7, 11) is 0. The van der Waals surface area contributed by atoms with E-state index in [1.165, 1.54) is 0 Å². The molecule has 3 heterocycles. The standard InChI is InChI=1S/C27H42N2O5S/c1-15-9-8-10-27(7)22(34-27)12-20(16(2)11-19-14-28-18(4)35-19)29-23(31)13-21(30)26(5,6)25(33)17(3)24(15)32/h11,14-15,17,20-22,24,30,32H,8-10,12-13H2,1-7H3,(H,29,31)/b16-11+/t15-,17+,20-,21-,22-,24-,27+/m0/s1. The molecule has 8 heteroatoms. The van der Waals surface area contributed by atoms with Crippen LogP contribution in [0.5, 0.6) is 0 Å². The van der Waals surface area contributed by atoms with Crippen molar-refractivity contribution < 1.29 is 24.5 Å². The normalized spacial score (nSPS) is 37.5. The number of Topliss-reactive ketones (excluding diaryl/α,β-unsaturated/α-hetero) is 1. The summed E-state index contributed by atoms with van der Waals surface area (Å²) >= 11 is 1.60. The molecule has 2 aliphatic heterocycles. The topological polar surface area (TPSA) is 112 Å². The summed E-state index contributed by atoms with van der Waals surface area (Å²) in [6.07, 6.45) is 4.90. The largest absolute Gasteiger partial charge is 0.392 e. The van der Waals surface area contributed by atoms with Crippen molar-refractivity contribution in [3.63, 3.8) is 0 Å². The fraction of sp³-hybridized carbons (Fsp3) is 0.741. The Morgan fingerprint density at radius 2 is 1.94 bits per heavy atom. The lowest BCUT2D eigenvalue weighted by molar-refractivity contribution is -0.143. The summed E-state index contributed by atoms with van der Waals surface area (Å²) in [5.74, 6) is -1.23. The molecule has 0 aromatic carbocycles. The lowest BCUT2D eigenvalue weighted by Gasteiger charge is -2.34. The van der Waals surface area contributed by atoms with Gasteiger partial charge in [0.25, 0.3) is 0 Å². The van der Waals surface area contributed by atoms with E-state index in [9.17, 15) is 19.8 Å². The summed E-state index contributed by atoms with van der Waals surface area (Å²) in [6.45, 7) is 13.0. The average Bonchev–Trinajstić information content (AvgIpc) is 3.22. The zero-order valence-electron chi connectivity index (χ0n) is 22.1. The van der Waals surface area contributed by atoms with Gasteiger partial charge >= 0.3 is 0 Å². The number of hydrogen-bond donors (Lipinski definition) is 3. The number of ketones is 1. The summed E-state index contributed by atoms with van der Waals surface area (Å²) in [5.41, 5.74) is -0.418. The van der Waals surface area contributed by atoms with E-state index in [1.807, 2.05) is 33.0 Å². The number of aromatic nitrogens is 1. The van der Waals surface area contributed by atoms with E-state index in [-0.39, 0.29) is 41.8 Å². The number of ether oxygens (including phenoxy) is 1. The van der Waals surface area contributed by atoms with E-state index in [0.29, 0.717) is 6.42 Å². The van der Waals surface area contributed by atoms with Gasteiger partial charge in [0.05, 0.1) is 46.8 Å². The number of carbonyl (C=O) groups excluding carboxylic acids is 2. The second-order valence-electron chi connectivity index (χ2n) is 11.4. The van der Waals surface area contributed by atoms with Gasteiger partial charge in [-0.05, 0) is 51.2 Å². The summed E-state index contributed by atoms with van der Waals surface area (Å²) in [4.78, 5) is 31.6. The summed E-state index contributed by atoms with van der Waals surface area (Å²) in [6, 6.07) is -0.254. The molecule has 2 aliphatic rings. The minimum atomic E-state index is -1.16. The maximum absolute atomic E-state index is 13.2. The van der Waals surface area contributed by atoms with Crippen molar-refractivity contribution in [2.75, 3.05) is 0 Å². The number of aliphatic hydroxyl groups is 2. The van der Waals surface area contributed by atoms with Crippen molar-refractivity contribution in [2.24, 2.45) is 17.3 Å². The minimum absolute atomic E-state index is 0.0225. The van der Waals surface area contributed by atoms with Crippen LogP contribution in [0.15, 0.2) is 11.8 Å². The molecule has 2 saturated heterocycles. The maximum Gasteiger partial charge on any atom is 0.223 e. The van der Waals surface area contributed by atoms with Crippen LogP contribution in [0.1, 0.15) is 83.5 Å². The Morgan fingerprint density at radius 3 is 2.57 bits per heavy atom. The molecule has 1 amide bonds. The van der Waals surface area contributed by atoms with Gasteiger partial charge in [0.15, 0.2) is 0 Å². The lowest BCUT2D eigenvalue weighted by Crippen LogP contribution is -2.47. The Labute approximate surface area is 213 Å². The molecule has 1 aromatic heterocycles. The number of aryl methyl sites for hydroxylation is 1.